The zero-order valence-electron chi connectivity index (χ0n) is 12.6. The molecule has 23 heavy (non-hydrogen) atoms. The molecule has 1 fully saturated rings. The lowest BCUT2D eigenvalue weighted by Gasteiger charge is -2.23. The normalized spacial score (nSPS) is 18.0. The molecule has 1 amide bonds. The number of aromatic nitrogens is 3. The Kier molecular flexibility index (Phi) is 4.58. The van der Waals surface area contributed by atoms with Crippen LogP contribution in [0.15, 0.2) is 18.2 Å². The van der Waals surface area contributed by atoms with Crippen molar-refractivity contribution in [3.63, 3.8) is 0 Å². The van der Waals surface area contributed by atoms with Crippen LogP contribution in [-0.2, 0) is 0 Å². The van der Waals surface area contributed by atoms with Crippen LogP contribution < -0.4 is 10.6 Å². The van der Waals surface area contributed by atoms with Crippen LogP contribution in [0.3, 0.4) is 0 Å². The van der Waals surface area contributed by atoms with Gasteiger partial charge >= 0.3 is 0 Å². The quantitative estimate of drug-likeness (QED) is 0.896. The van der Waals surface area contributed by atoms with Gasteiger partial charge < -0.3 is 10.6 Å². The zero-order chi connectivity index (χ0) is 16.4. The molecule has 0 spiro atoms. The first-order valence-electron chi connectivity index (χ1n) is 7.45. The average Bonchev–Trinajstić information content (AvgIpc) is 2.93. The number of carbonyl (C=O) groups is 1. The standard InChI is InChI=1S/C15H17ClFN5O/c1-9-14(15(23)19-10-3-2-6-18-8-10)20-21-22(9)11-4-5-13(17)12(16)7-11/h4-5,7,10,18H,2-3,6,8H2,1H3,(H,19,23). The highest BCUT2D eigenvalue weighted by molar-refractivity contribution is 6.30. The van der Waals surface area contributed by atoms with Crippen LogP contribution in [-0.4, -0.2) is 40.0 Å². The molecule has 3 rings (SSSR count). The summed E-state index contributed by atoms with van der Waals surface area (Å²) < 4.78 is 14.7. The van der Waals surface area contributed by atoms with Gasteiger partial charge in [-0.3, -0.25) is 4.79 Å². The van der Waals surface area contributed by atoms with E-state index >= 15 is 0 Å². The van der Waals surface area contributed by atoms with Crippen LogP contribution >= 0.6 is 11.6 Å². The highest BCUT2D eigenvalue weighted by atomic mass is 35.5. The summed E-state index contributed by atoms with van der Waals surface area (Å²) in [5.74, 6) is -0.758. The van der Waals surface area contributed by atoms with Crippen molar-refractivity contribution >= 4 is 17.5 Å². The van der Waals surface area contributed by atoms with Gasteiger partial charge in [-0.2, -0.15) is 0 Å². The Morgan fingerprint density at radius 3 is 3.04 bits per heavy atom. The fourth-order valence-electron chi connectivity index (χ4n) is 2.63. The predicted molar refractivity (Wildman–Crippen MR) is 84.4 cm³/mol. The van der Waals surface area contributed by atoms with E-state index in [-0.39, 0.29) is 22.7 Å². The van der Waals surface area contributed by atoms with Crippen molar-refractivity contribution < 1.29 is 9.18 Å². The average molecular weight is 338 g/mol. The summed E-state index contributed by atoms with van der Waals surface area (Å²) in [6.07, 6.45) is 1.98. The van der Waals surface area contributed by atoms with Gasteiger partial charge in [0.15, 0.2) is 5.69 Å². The molecule has 1 atom stereocenters. The van der Waals surface area contributed by atoms with E-state index in [2.05, 4.69) is 20.9 Å². The van der Waals surface area contributed by atoms with Crippen LogP contribution in [0.4, 0.5) is 4.39 Å². The third-order valence-electron chi connectivity index (χ3n) is 3.89. The van der Waals surface area contributed by atoms with Crippen molar-refractivity contribution in [1.82, 2.24) is 25.6 Å². The summed E-state index contributed by atoms with van der Waals surface area (Å²) in [5, 5.41) is 14.1. The maximum atomic E-state index is 13.3. The number of hydrogen-bond acceptors (Lipinski definition) is 4. The lowest BCUT2D eigenvalue weighted by atomic mass is 10.1. The summed E-state index contributed by atoms with van der Waals surface area (Å²) in [6.45, 7) is 3.48. The zero-order valence-corrected chi connectivity index (χ0v) is 13.4. The largest absolute Gasteiger partial charge is 0.347 e. The first-order chi connectivity index (χ1) is 11.1. The molecule has 6 nitrogen and oxygen atoms in total. The highest BCUT2D eigenvalue weighted by Crippen LogP contribution is 2.20. The maximum absolute atomic E-state index is 13.3. The summed E-state index contributed by atoms with van der Waals surface area (Å²) in [5.41, 5.74) is 1.39. The van der Waals surface area contributed by atoms with Gasteiger partial charge in [0.2, 0.25) is 0 Å². The SMILES string of the molecule is Cc1c(C(=O)NC2CCCNC2)nnn1-c1ccc(F)c(Cl)c1. The fraction of sp³-hybridized carbons (Fsp3) is 0.400. The van der Waals surface area contributed by atoms with Gasteiger partial charge in [0, 0.05) is 12.6 Å². The van der Waals surface area contributed by atoms with E-state index in [9.17, 15) is 9.18 Å². The second-order valence-electron chi connectivity index (χ2n) is 5.55. The topological polar surface area (TPSA) is 71.8 Å². The number of amides is 1. The Morgan fingerprint density at radius 2 is 2.35 bits per heavy atom. The lowest BCUT2D eigenvalue weighted by Crippen LogP contribution is -2.45. The van der Waals surface area contributed by atoms with Gasteiger partial charge in [-0.25, -0.2) is 9.07 Å². The summed E-state index contributed by atoms with van der Waals surface area (Å²) >= 11 is 5.79. The van der Waals surface area contributed by atoms with Gasteiger partial charge in [0.25, 0.3) is 5.91 Å². The fourth-order valence-corrected chi connectivity index (χ4v) is 2.80. The van der Waals surface area contributed by atoms with E-state index in [1.165, 1.54) is 22.9 Å². The van der Waals surface area contributed by atoms with E-state index in [0.717, 1.165) is 25.9 Å². The van der Waals surface area contributed by atoms with Gasteiger partial charge in [-0.05, 0) is 44.5 Å². The van der Waals surface area contributed by atoms with Gasteiger partial charge in [0.1, 0.15) is 5.82 Å². The molecule has 2 aromatic rings. The number of nitrogens with zero attached hydrogens (tertiary/aromatic N) is 3. The summed E-state index contributed by atoms with van der Waals surface area (Å²) in [7, 11) is 0. The van der Waals surface area contributed by atoms with Gasteiger partial charge in [-0.15, -0.1) is 5.10 Å². The first kappa shape index (κ1) is 15.9. The van der Waals surface area contributed by atoms with E-state index in [1.54, 1.807) is 6.92 Å². The van der Waals surface area contributed by atoms with Crippen molar-refractivity contribution in [1.29, 1.82) is 0 Å². The molecule has 1 aromatic heterocycles. The molecule has 8 heteroatoms. The molecule has 0 saturated carbocycles. The molecule has 2 heterocycles. The number of halogens is 2. The second-order valence-corrected chi connectivity index (χ2v) is 5.96. The molecule has 1 aliphatic rings. The molecule has 1 aliphatic heterocycles. The van der Waals surface area contributed by atoms with Crippen molar-refractivity contribution in [2.24, 2.45) is 0 Å². The number of rotatable bonds is 3. The third-order valence-corrected chi connectivity index (χ3v) is 4.18. The van der Waals surface area contributed by atoms with Crippen molar-refractivity contribution in [2.45, 2.75) is 25.8 Å². The number of piperidine rings is 1. The minimum atomic E-state index is -0.504. The Morgan fingerprint density at radius 1 is 1.52 bits per heavy atom. The number of hydrogen-bond donors (Lipinski definition) is 2. The van der Waals surface area contributed by atoms with Crippen LogP contribution in [0, 0.1) is 12.7 Å². The van der Waals surface area contributed by atoms with E-state index in [4.69, 9.17) is 11.6 Å². The molecule has 1 saturated heterocycles. The van der Waals surface area contributed by atoms with Crippen LogP contribution in [0.5, 0.6) is 0 Å². The second kappa shape index (κ2) is 6.64. The smallest absolute Gasteiger partial charge is 0.274 e. The molecular weight excluding hydrogens is 321 g/mol. The predicted octanol–water partition coefficient (Wildman–Crippen LogP) is 1.85. The van der Waals surface area contributed by atoms with E-state index in [0.29, 0.717) is 11.4 Å². The van der Waals surface area contributed by atoms with Gasteiger partial charge in [-0.1, -0.05) is 16.8 Å². The number of nitrogens with one attached hydrogen (secondary N) is 2. The van der Waals surface area contributed by atoms with Crippen LogP contribution in [0.2, 0.25) is 5.02 Å². The lowest BCUT2D eigenvalue weighted by molar-refractivity contribution is 0.0925. The van der Waals surface area contributed by atoms with Crippen molar-refractivity contribution in [3.8, 4) is 5.69 Å². The molecule has 0 radical (unpaired) electrons. The Balaban J connectivity index is 1.80. The molecule has 2 N–H and O–H groups in total. The number of benzene rings is 1. The van der Waals surface area contributed by atoms with E-state index < -0.39 is 5.82 Å². The van der Waals surface area contributed by atoms with Crippen molar-refractivity contribution in [2.75, 3.05) is 13.1 Å². The molecule has 122 valence electrons. The Hall–Kier alpha value is -1.99. The minimum Gasteiger partial charge on any atom is -0.347 e. The van der Waals surface area contributed by atoms with Gasteiger partial charge in [0.05, 0.1) is 16.4 Å². The Bertz CT molecular complexity index is 727. The third kappa shape index (κ3) is 3.35. The monoisotopic (exact) mass is 337 g/mol. The van der Waals surface area contributed by atoms with Crippen LogP contribution in [0.1, 0.15) is 29.0 Å². The summed E-state index contributed by atoms with van der Waals surface area (Å²) in [6, 6.07) is 4.34. The molecule has 0 aliphatic carbocycles. The molecule has 1 aromatic carbocycles. The first-order valence-corrected chi connectivity index (χ1v) is 7.83. The molecule has 1 unspecified atom stereocenters. The minimum absolute atomic E-state index is 0.00307. The maximum Gasteiger partial charge on any atom is 0.274 e. The number of carbonyl (C=O) groups excluding carboxylic acids is 1. The molecule has 0 bridgehead atoms. The van der Waals surface area contributed by atoms with E-state index in [1.807, 2.05) is 0 Å². The Labute approximate surface area is 138 Å². The molecular formula is C15H17ClFN5O. The van der Waals surface area contributed by atoms with Crippen molar-refractivity contribution in [3.05, 3.63) is 40.4 Å². The van der Waals surface area contributed by atoms with Crippen LogP contribution in [0.25, 0.3) is 5.69 Å². The highest BCUT2D eigenvalue weighted by Gasteiger charge is 2.21. The summed E-state index contributed by atoms with van der Waals surface area (Å²) in [4.78, 5) is 12.4.